The number of rotatable bonds is 14. The Bertz CT molecular complexity index is 1110. The summed E-state index contributed by atoms with van der Waals surface area (Å²) in [6, 6.07) is 11.8. The maximum atomic E-state index is 13.2. The Kier molecular flexibility index (Phi) is 11.4. The third-order valence-electron chi connectivity index (χ3n) is 5.67. The Morgan fingerprint density at radius 1 is 0.737 bits per heavy atom. The lowest BCUT2D eigenvalue weighted by Crippen LogP contribution is -2.59. The SMILES string of the molecule is CC(O)C(N)C(=O)NC(Cc1ccccc1)C(=O)NC(CC(N)=O)C(=O)NC(Cc1ccccc1)C(=O)O. The lowest BCUT2D eigenvalue weighted by molar-refractivity contribution is -0.142. The molecule has 12 heteroatoms. The highest BCUT2D eigenvalue weighted by molar-refractivity contribution is 5.96. The first-order valence-electron chi connectivity index (χ1n) is 11.9. The molecule has 5 unspecified atom stereocenters. The van der Waals surface area contributed by atoms with Gasteiger partial charge in [0, 0.05) is 12.8 Å². The number of hydrogen-bond donors (Lipinski definition) is 7. The highest BCUT2D eigenvalue weighted by Crippen LogP contribution is 2.07. The number of aliphatic carboxylic acids is 1. The number of amides is 4. The van der Waals surface area contributed by atoms with Gasteiger partial charge in [0.05, 0.1) is 12.5 Å². The summed E-state index contributed by atoms with van der Waals surface area (Å²) in [5, 5.41) is 26.4. The lowest BCUT2D eigenvalue weighted by atomic mass is 10.0. The number of aliphatic hydroxyl groups excluding tert-OH is 1. The van der Waals surface area contributed by atoms with Crippen LogP contribution in [0.4, 0.5) is 0 Å². The average molecular weight is 528 g/mol. The first kappa shape index (κ1) is 29.9. The van der Waals surface area contributed by atoms with Gasteiger partial charge in [0.2, 0.25) is 23.6 Å². The van der Waals surface area contributed by atoms with Crippen LogP contribution in [-0.4, -0.2) is 70.1 Å². The van der Waals surface area contributed by atoms with E-state index in [0.717, 1.165) is 0 Å². The maximum Gasteiger partial charge on any atom is 0.326 e. The number of carbonyl (C=O) groups excluding carboxylic acids is 4. The van der Waals surface area contributed by atoms with Crippen LogP contribution in [0.5, 0.6) is 0 Å². The second kappa shape index (κ2) is 14.4. The highest BCUT2D eigenvalue weighted by Gasteiger charge is 2.32. The molecule has 0 heterocycles. The van der Waals surface area contributed by atoms with Crippen molar-refractivity contribution < 1.29 is 34.2 Å². The van der Waals surface area contributed by atoms with Gasteiger partial charge in [0.25, 0.3) is 0 Å². The summed E-state index contributed by atoms with van der Waals surface area (Å²) in [5.41, 5.74) is 12.3. The van der Waals surface area contributed by atoms with Gasteiger partial charge in [-0.25, -0.2) is 4.79 Å². The van der Waals surface area contributed by atoms with Crippen LogP contribution in [0, 0.1) is 0 Å². The summed E-state index contributed by atoms with van der Waals surface area (Å²) in [6.45, 7) is 1.32. The fourth-order valence-electron chi connectivity index (χ4n) is 3.55. The van der Waals surface area contributed by atoms with E-state index >= 15 is 0 Å². The van der Waals surface area contributed by atoms with Gasteiger partial charge in [0.15, 0.2) is 0 Å². The first-order valence-corrected chi connectivity index (χ1v) is 11.9. The van der Waals surface area contributed by atoms with Crippen LogP contribution in [0.15, 0.2) is 60.7 Å². The largest absolute Gasteiger partial charge is 0.480 e. The summed E-state index contributed by atoms with van der Waals surface area (Å²) >= 11 is 0. The van der Waals surface area contributed by atoms with Crippen molar-refractivity contribution in [1.29, 1.82) is 0 Å². The third kappa shape index (κ3) is 9.64. The summed E-state index contributed by atoms with van der Waals surface area (Å²) in [4.78, 5) is 62.1. The quantitative estimate of drug-likeness (QED) is 0.155. The van der Waals surface area contributed by atoms with Gasteiger partial charge >= 0.3 is 5.97 Å². The standard InChI is InChI=1S/C26H33N5O7/c1-15(32)22(28)25(36)30-18(12-16-8-4-2-5-9-16)23(34)29-19(14-21(27)33)24(35)31-20(26(37)38)13-17-10-6-3-7-11-17/h2-11,15,18-20,22,32H,12-14,28H2,1H3,(H2,27,33)(H,29,34)(H,30,36)(H,31,35)(H,37,38). The summed E-state index contributed by atoms with van der Waals surface area (Å²) < 4.78 is 0. The molecule has 0 aromatic heterocycles. The molecule has 0 bridgehead atoms. The second-order valence-electron chi connectivity index (χ2n) is 8.84. The van der Waals surface area contributed by atoms with E-state index in [4.69, 9.17) is 11.5 Å². The molecule has 0 aliphatic carbocycles. The predicted molar refractivity (Wildman–Crippen MR) is 137 cm³/mol. The van der Waals surface area contributed by atoms with E-state index in [1.54, 1.807) is 60.7 Å². The number of nitrogens with one attached hydrogen (secondary N) is 3. The molecule has 0 spiro atoms. The molecule has 0 saturated carbocycles. The number of hydrogen-bond acceptors (Lipinski definition) is 7. The van der Waals surface area contributed by atoms with Gasteiger partial charge in [-0.15, -0.1) is 0 Å². The zero-order valence-corrected chi connectivity index (χ0v) is 20.9. The Morgan fingerprint density at radius 3 is 1.61 bits per heavy atom. The van der Waals surface area contributed by atoms with Gasteiger partial charge in [-0.2, -0.15) is 0 Å². The Hall–Kier alpha value is -4.29. The van der Waals surface area contributed by atoms with Crippen molar-refractivity contribution in [1.82, 2.24) is 16.0 Å². The van der Waals surface area contributed by atoms with Crippen LogP contribution in [0.2, 0.25) is 0 Å². The highest BCUT2D eigenvalue weighted by atomic mass is 16.4. The fraction of sp³-hybridized carbons (Fsp3) is 0.346. The molecule has 2 rings (SSSR count). The zero-order chi connectivity index (χ0) is 28.2. The van der Waals surface area contributed by atoms with Crippen LogP contribution >= 0.6 is 0 Å². The molecule has 0 radical (unpaired) electrons. The van der Waals surface area contributed by atoms with E-state index in [1.807, 2.05) is 0 Å². The molecule has 5 atom stereocenters. The molecule has 38 heavy (non-hydrogen) atoms. The number of primary amides is 1. The van der Waals surface area contributed by atoms with E-state index in [0.29, 0.717) is 11.1 Å². The van der Waals surface area contributed by atoms with Crippen molar-refractivity contribution >= 4 is 29.6 Å². The lowest BCUT2D eigenvalue weighted by Gasteiger charge is -2.25. The molecule has 4 amide bonds. The van der Waals surface area contributed by atoms with Gasteiger partial charge < -0.3 is 37.6 Å². The predicted octanol–water partition coefficient (Wildman–Crippen LogP) is -1.41. The van der Waals surface area contributed by atoms with Crippen LogP contribution in [0.25, 0.3) is 0 Å². The van der Waals surface area contributed by atoms with Crippen molar-refractivity contribution in [2.24, 2.45) is 11.5 Å². The molecule has 9 N–H and O–H groups in total. The molecule has 2 aromatic rings. The van der Waals surface area contributed by atoms with Crippen molar-refractivity contribution in [3.8, 4) is 0 Å². The number of carboxylic acids is 1. The molecule has 0 aliphatic rings. The van der Waals surface area contributed by atoms with Crippen LogP contribution < -0.4 is 27.4 Å². The van der Waals surface area contributed by atoms with Gasteiger partial charge in [-0.1, -0.05) is 60.7 Å². The second-order valence-corrected chi connectivity index (χ2v) is 8.84. The smallest absolute Gasteiger partial charge is 0.326 e. The minimum Gasteiger partial charge on any atom is -0.480 e. The molecule has 0 aliphatic heterocycles. The molecule has 2 aromatic carbocycles. The van der Waals surface area contributed by atoms with E-state index in [-0.39, 0.29) is 12.8 Å². The Labute approximate surface area is 219 Å². The molecular formula is C26H33N5O7. The van der Waals surface area contributed by atoms with Crippen molar-refractivity contribution in [2.45, 2.75) is 56.5 Å². The van der Waals surface area contributed by atoms with Gasteiger partial charge in [-0.05, 0) is 18.1 Å². The zero-order valence-electron chi connectivity index (χ0n) is 20.9. The van der Waals surface area contributed by atoms with Crippen LogP contribution in [-0.2, 0) is 36.8 Å². The molecule has 204 valence electrons. The topological polar surface area (TPSA) is 214 Å². The van der Waals surface area contributed by atoms with Crippen molar-refractivity contribution in [3.05, 3.63) is 71.8 Å². The van der Waals surface area contributed by atoms with E-state index in [2.05, 4.69) is 16.0 Å². The summed E-state index contributed by atoms with van der Waals surface area (Å²) in [6.07, 6.45) is -1.85. The third-order valence-corrected chi connectivity index (χ3v) is 5.67. The summed E-state index contributed by atoms with van der Waals surface area (Å²) in [7, 11) is 0. The minimum atomic E-state index is -1.52. The molecule has 0 fully saturated rings. The number of nitrogens with two attached hydrogens (primary N) is 2. The van der Waals surface area contributed by atoms with Gasteiger partial charge in [-0.3, -0.25) is 19.2 Å². The summed E-state index contributed by atoms with van der Waals surface area (Å²) in [5.74, 6) is -4.81. The fourth-order valence-corrected chi connectivity index (χ4v) is 3.55. The van der Waals surface area contributed by atoms with Crippen LogP contribution in [0.1, 0.15) is 24.5 Å². The number of carboxylic acid groups (broad SMARTS) is 1. The van der Waals surface area contributed by atoms with Crippen LogP contribution in [0.3, 0.4) is 0 Å². The normalized spacial score (nSPS) is 14.7. The number of carbonyl (C=O) groups is 5. The van der Waals surface area contributed by atoms with Crippen molar-refractivity contribution in [3.63, 3.8) is 0 Å². The molecule has 0 saturated heterocycles. The molecular weight excluding hydrogens is 494 g/mol. The van der Waals surface area contributed by atoms with E-state index < -0.39 is 66.3 Å². The minimum absolute atomic E-state index is 0.00160. The monoisotopic (exact) mass is 527 g/mol. The Morgan fingerprint density at radius 2 is 1.16 bits per heavy atom. The van der Waals surface area contributed by atoms with Crippen molar-refractivity contribution in [2.75, 3.05) is 0 Å². The maximum absolute atomic E-state index is 13.2. The average Bonchev–Trinajstić information content (AvgIpc) is 2.87. The first-order chi connectivity index (χ1) is 18.0. The Balaban J connectivity index is 2.22. The van der Waals surface area contributed by atoms with Gasteiger partial charge in [0.1, 0.15) is 24.2 Å². The number of aliphatic hydroxyl groups is 1. The van der Waals surface area contributed by atoms with E-state index in [1.165, 1.54) is 6.92 Å². The number of benzene rings is 2. The van der Waals surface area contributed by atoms with E-state index in [9.17, 15) is 34.2 Å². The molecule has 12 nitrogen and oxygen atoms in total.